The topological polar surface area (TPSA) is 148 Å². The van der Waals surface area contributed by atoms with Gasteiger partial charge in [-0.05, 0) is 61.2 Å². The Morgan fingerprint density at radius 1 is 0.925 bits per heavy atom. The van der Waals surface area contributed by atoms with Gasteiger partial charge < -0.3 is 20.4 Å². The third-order valence-corrected chi connectivity index (χ3v) is 9.03. The summed E-state index contributed by atoms with van der Waals surface area (Å²) in [6.45, 7) is 4.09. The van der Waals surface area contributed by atoms with Crippen LogP contribution in [0.3, 0.4) is 0 Å². The standard InChI is InChI=1S/C28H44N4O6S2/c1-3-4-5-6-7-8-19-40(37,38)30-24-10-12-25(13-11-24)32-17-15-23(16-18-32)29-21-28(34)22-9-14-27(33)26(20-22)31-39(2,35)36/h9-14,20,23,28-31,33-34H,3-8,15-19,21H2,1-2H3. The lowest BCUT2D eigenvalue weighted by Crippen LogP contribution is -2.43. The number of unbranched alkanes of at least 4 members (excludes halogenated alkanes) is 5. The van der Waals surface area contributed by atoms with E-state index in [1.807, 2.05) is 12.1 Å². The molecule has 10 nitrogen and oxygen atoms in total. The van der Waals surface area contributed by atoms with E-state index in [1.165, 1.54) is 25.0 Å². The number of aliphatic hydroxyl groups is 1. The first kappa shape index (κ1) is 32.0. The van der Waals surface area contributed by atoms with E-state index in [2.05, 4.69) is 26.6 Å². The number of phenols is 1. The molecule has 1 atom stereocenters. The largest absolute Gasteiger partial charge is 0.506 e. The summed E-state index contributed by atoms with van der Waals surface area (Å²) in [5.41, 5.74) is 2.14. The quantitative estimate of drug-likeness (QED) is 0.143. The molecule has 0 aliphatic carbocycles. The molecule has 1 heterocycles. The first-order valence-electron chi connectivity index (χ1n) is 14.0. The van der Waals surface area contributed by atoms with Crippen LogP contribution in [0.25, 0.3) is 0 Å². The summed E-state index contributed by atoms with van der Waals surface area (Å²) < 4.78 is 52.8. The predicted octanol–water partition coefficient (Wildman–Crippen LogP) is 4.16. The summed E-state index contributed by atoms with van der Waals surface area (Å²) >= 11 is 0. The summed E-state index contributed by atoms with van der Waals surface area (Å²) in [5.74, 6) is -0.0676. The monoisotopic (exact) mass is 596 g/mol. The van der Waals surface area contributed by atoms with Crippen molar-refractivity contribution >= 4 is 37.1 Å². The van der Waals surface area contributed by atoms with Gasteiger partial charge in [0.2, 0.25) is 20.0 Å². The van der Waals surface area contributed by atoms with Crippen molar-refractivity contribution in [2.75, 3.05) is 46.0 Å². The van der Waals surface area contributed by atoms with E-state index in [9.17, 15) is 27.0 Å². The highest BCUT2D eigenvalue weighted by Crippen LogP contribution is 2.28. The average molecular weight is 597 g/mol. The van der Waals surface area contributed by atoms with Gasteiger partial charge in [-0.25, -0.2) is 16.8 Å². The third-order valence-electron chi connectivity index (χ3n) is 7.07. The van der Waals surface area contributed by atoms with Gasteiger partial charge in [-0.3, -0.25) is 9.44 Å². The summed E-state index contributed by atoms with van der Waals surface area (Å²) in [6, 6.07) is 12.1. The van der Waals surface area contributed by atoms with Crippen molar-refractivity contribution in [3.63, 3.8) is 0 Å². The molecule has 0 spiro atoms. The molecule has 3 rings (SSSR count). The highest BCUT2D eigenvalue weighted by atomic mass is 32.2. The molecule has 5 N–H and O–H groups in total. The second-order valence-electron chi connectivity index (χ2n) is 10.6. The van der Waals surface area contributed by atoms with E-state index in [0.29, 0.717) is 24.2 Å². The van der Waals surface area contributed by atoms with Gasteiger partial charge in [0.15, 0.2) is 0 Å². The summed E-state index contributed by atoms with van der Waals surface area (Å²) in [5, 5.41) is 23.9. The van der Waals surface area contributed by atoms with Crippen LogP contribution in [0, 0.1) is 0 Å². The highest BCUT2D eigenvalue weighted by molar-refractivity contribution is 7.92. The zero-order valence-electron chi connectivity index (χ0n) is 23.5. The maximum atomic E-state index is 12.4. The summed E-state index contributed by atoms with van der Waals surface area (Å²) in [6.07, 6.45) is 8.10. The highest BCUT2D eigenvalue weighted by Gasteiger charge is 2.21. The zero-order chi connectivity index (χ0) is 29.2. The minimum atomic E-state index is -3.56. The lowest BCUT2D eigenvalue weighted by atomic mass is 10.0. The third kappa shape index (κ3) is 10.8. The van der Waals surface area contributed by atoms with Crippen molar-refractivity contribution in [2.45, 2.75) is 70.4 Å². The molecule has 1 aliphatic heterocycles. The summed E-state index contributed by atoms with van der Waals surface area (Å²) in [4.78, 5) is 2.26. The molecule has 2 aromatic rings. The number of sulfonamides is 2. The molecule has 224 valence electrons. The Morgan fingerprint density at radius 3 is 2.23 bits per heavy atom. The van der Waals surface area contributed by atoms with Gasteiger partial charge in [-0.1, -0.05) is 45.1 Å². The second-order valence-corrected chi connectivity index (χ2v) is 14.2. The molecular formula is C28H44N4O6S2. The molecule has 40 heavy (non-hydrogen) atoms. The van der Waals surface area contributed by atoms with E-state index in [0.717, 1.165) is 57.1 Å². The molecule has 1 saturated heterocycles. The van der Waals surface area contributed by atoms with Crippen molar-refractivity contribution in [2.24, 2.45) is 0 Å². The number of nitrogens with one attached hydrogen (secondary N) is 3. The van der Waals surface area contributed by atoms with Gasteiger partial charge in [-0.2, -0.15) is 0 Å². The smallest absolute Gasteiger partial charge is 0.232 e. The Bertz CT molecular complexity index is 1280. The fourth-order valence-corrected chi connectivity index (χ4v) is 6.57. The Hall–Kier alpha value is -2.54. The van der Waals surface area contributed by atoms with Crippen LogP contribution in [0.5, 0.6) is 5.75 Å². The maximum Gasteiger partial charge on any atom is 0.232 e. The van der Waals surface area contributed by atoms with Crippen LogP contribution in [-0.2, 0) is 20.0 Å². The van der Waals surface area contributed by atoms with Gasteiger partial charge in [0.1, 0.15) is 5.75 Å². The predicted molar refractivity (Wildman–Crippen MR) is 162 cm³/mol. The van der Waals surface area contributed by atoms with Gasteiger partial charge in [-0.15, -0.1) is 0 Å². The van der Waals surface area contributed by atoms with Gasteiger partial charge in [0.25, 0.3) is 0 Å². The number of hydrogen-bond acceptors (Lipinski definition) is 8. The molecule has 0 amide bonds. The average Bonchev–Trinajstić information content (AvgIpc) is 2.90. The zero-order valence-corrected chi connectivity index (χ0v) is 25.1. The first-order chi connectivity index (χ1) is 19.0. The lowest BCUT2D eigenvalue weighted by Gasteiger charge is -2.34. The molecule has 0 bridgehead atoms. The number of nitrogens with zero attached hydrogens (tertiary/aromatic N) is 1. The number of hydrogen-bond donors (Lipinski definition) is 5. The molecule has 1 fully saturated rings. The van der Waals surface area contributed by atoms with Crippen LogP contribution in [0.4, 0.5) is 17.1 Å². The number of piperidine rings is 1. The summed E-state index contributed by atoms with van der Waals surface area (Å²) in [7, 11) is -6.91. The molecule has 0 radical (unpaired) electrons. The van der Waals surface area contributed by atoms with Crippen molar-refractivity contribution in [3.8, 4) is 5.75 Å². The fraction of sp³-hybridized carbons (Fsp3) is 0.571. The van der Waals surface area contributed by atoms with E-state index < -0.39 is 26.2 Å². The van der Waals surface area contributed by atoms with Crippen LogP contribution in [0.1, 0.15) is 70.0 Å². The van der Waals surface area contributed by atoms with Crippen molar-refractivity contribution in [1.29, 1.82) is 0 Å². The maximum absolute atomic E-state index is 12.4. The number of anilines is 3. The van der Waals surface area contributed by atoms with E-state index >= 15 is 0 Å². The molecule has 0 saturated carbocycles. The Balaban J connectivity index is 1.42. The van der Waals surface area contributed by atoms with E-state index in [1.54, 1.807) is 18.2 Å². The lowest BCUT2D eigenvalue weighted by molar-refractivity contribution is 0.167. The van der Waals surface area contributed by atoms with Crippen molar-refractivity contribution in [3.05, 3.63) is 48.0 Å². The fourth-order valence-electron chi connectivity index (χ4n) is 4.82. The Kier molecular flexibility index (Phi) is 11.9. The van der Waals surface area contributed by atoms with Crippen molar-refractivity contribution < 1.29 is 27.0 Å². The van der Waals surface area contributed by atoms with Gasteiger partial charge in [0, 0.05) is 37.1 Å². The normalized spacial score (nSPS) is 15.6. The number of benzene rings is 2. The SMILES string of the molecule is CCCCCCCCS(=O)(=O)Nc1ccc(N2CCC(NCC(O)c3ccc(O)c(NS(C)(=O)=O)c3)CC2)cc1. The number of phenolic OH excluding ortho intramolecular Hbond substituents is 1. The van der Waals surface area contributed by atoms with Crippen LogP contribution < -0.4 is 19.7 Å². The van der Waals surface area contributed by atoms with E-state index in [4.69, 9.17) is 0 Å². The molecule has 0 aromatic heterocycles. The second kappa shape index (κ2) is 14.9. The molecular weight excluding hydrogens is 552 g/mol. The molecule has 1 aliphatic rings. The van der Waals surface area contributed by atoms with Crippen LogP contribution >= 0.6 is 0 Å². The minimum Gasteiger partial charge on any atom is -0.506 e. The Labute approximate surface area is 239 Å². The molecule has 12 heteroatoms. The van der Waals surface area contributed by atoms with Gasteiger partial charge >= 0.3 is 0 Å². The van der Waals surface area contributed by atoms with Crippen LogP contribution in [0.2, 0.25) is 0 Å². The van der Waals surface area contributed by atoms with Crippen LogP contribution in [-0.4, -0.2) is 64.7 Å². The number of aromatic hydroxyl groups is 1. The first-order valence-corrected chi connectivity index (χ1v) is 17.6. The molecule has 2 aromatic carbocycles. The van der Waals surface area contributed by atoms with Gasteiger partial charge in [0.05, 0.1) is 23.8 Å². The van der Waals surface area contributed by atoms with E-state index in [-0.39, 0.29) is 23.2 Å². The van der Waals surface area contributed by atoms with Crippen LogP contribution in [0.15, 0.2) is 42.5 Å². The number of rotatable bonds is 16. The Morgan fingerprint density at radius 2 is 1.57 bits per heavy atom. The molecule has 1 unspecified atom stereocenters. The minimum absolute atomic E-state index is 0.0315. The van der Waals surface area contributed by atoms with Crippen molar-refractivity contribution in [1.82, 2.24) is 5.32 Å². The number of aliphatic hydroxyl groups excluding tert-OH is 1.